The van der Waals surface area contributed by atoms with Gasteiger partial charge in [0, 0.05) is 12.1 Å². The molecule has 1 amide bonds. The van der Waals surface area contributed by atoms with E-state index in [2.05, 4.69) is 25.7 Å². The number of amides is 1. The zero-order valence-corrected chi connectivity index (χ0v) is 19.8. The van der Waals surface area contributed by atoms with Crippen LogP contribution in [0.3, 0.4) is 0 Å². The smallest absolute Gasteiger partial charge is 0.387 e. The molecule has 0 unspecified atom stereocenters. The summed E-state index contributed by atoms with van der Waals surface area (Å²) in [5.41, 5.74) is 0.438. The van der Waals surface area contributed by atoms with Gasteiger partial charge in [-0.3, -0.25) is 4.79 Å². The van der Waals surface area contributed by atoms with Crippen LogP contribution in [-0.4, -0.2) is 43.7 Å². The molecule has 0 aliphatic heterocycles. The Morgan fingerprint density at radius 1 is 1.17 bits per heavy atom. The minimum atomic E-state index is -2.92. The van der Waals surface area contributed by atoms with E-state index in [-0.39, 0.29) is 60.0 Å². The van der Waals surface area contributed by atoms with Gasteiger partial charge >= 0.3 is 6.61 Å². The maximum absolute atomic E-state index is 12.5. The number of guanidine groups is 1. The fourth-order valence-electron chi connectivity index (χ4n) is 2.25. The Kier molecular flexibility index (Phi) is 12.5. The molecule has 0 heterocycles. The molecule has 0 saturated carbocycles. The van der Waals surface area contributed by atoms with Gasteiger partial charge in [-0.1, -0.05) is 6.07 Å². The highest BCUT2D eigenvalue weighted by molar-refractivity contribution is 14.0. The van der Waals surface area contributed by atoms with Crippen molar-refractivity contribution >= 4 is 35.8 Å². The molecule has 0 spiro atoms. The lowest BCUT2D eigenvalue weighted by Gasteiger charge is -2.21. The van der Waals surface area contributed by atoms with E-state index >= 15 is 0 Å². The van der Waals surface area contributed by atoms with Crippen LogP contribution >= 0.6 is 24.0 Å². The number of benzene rings is 1. The van der Waals surface area contributed by atoms with E-state index in [0.29, 0.717) is 19.1 Å². The second-order valence-electron chi connectivity index (χ2n) is 6.94. The van der Waals surface area contributed by atoms with Crippen LogP contribution in [-0.2, 0) is 11.3 Å². The lowest BCUT2D eigenvalue weighted by molar-refractivity contribution is -0.121. The highest BCUT2D eigenvalue weighted by atomic mass is 127. The summed E-state index contributed by atoms with van der Waals surface area (Å²) in [5.74, 6) is 0.536. The van der Waals surface area contributed by atoms with Crippen LogP contribution in [0.4, 0.5) is 8.78 Å². The first-order valence-electron chi connectivity index (χ1n) is 9.18. The van der Waals surface area contributed by atoms with E-state index in [1.807, 2.05) is 27.7 Å². The van der Waals surface area contributed by atoms with E-state index in [0.717, 1.165) is 5.56 Å². The van der Waals surface area contributed by atoms with E-state index < -0.39 is 6.61 Å². The van der Waals surface area contributed by atoms with Crippen molar-refractivity contribution in [3.63, 3.8) is 0 Å². The highest BCUT2D eigenvalue weighted by Gasteiger charge is 2.14. The highest BCUT2D eigenvalue weighted by Crippen LogP contribution is 2.30. The summed E-state index contributed by atoms with van der Waals surface area (Å²) in [5, 5.41) is 8.87. The molecule has 0 aliphatic carbocycles. The second-order valence-corrected chi connectivity index (χ2v) is 6.94. The molecule has 1 aromatic rings. The van der Waals surface area contributed by atoms with Gasteiger partial charge in [0.15, 0.2) is 17.5 Å². The van der Waals surface area contributed by atoms with Crippen molar-refractivity contribution in [3.05, 3.63) is 23.8 Å². The molecule has 166 valence electrons. The Bertz CT molecular complexity index is 667. The molecule has 0 bridgehead atoms. The van der Waals surface area contributed by atoms with Crippen molar-refractivity contribution in [2.24, 2.45) is 4.99 Å². The molecular formula is C19H31F2IN4O3. The van der Waals surface area contributed by atoms with Gasteiger partial charge in [0.05, 0.1) is 19.7 Å². The summed E-state index contributed by atoms with van der Waals surface area (Å²) in [6.45, 7) is 7.75. The molecule has 0 atom stereocenters. The number of carbonyl (C=O) groups excluding carboxylic acids is 1. The number of carbonyl (C=O) groups is 1. The van der Waals surface area contributed by atoms with Crippen molar-refractivity contribution in [1.82, 2.24) is 16.0 Å². The minimum absolute atomic E-state index is 0. The fourth-order valence-corrected chi connectivity index (χ4v) is 2.25. The molecule has 10 heteroatoms. The first kappa shape index (κ1) is 27.1. The maximum Gasteiger partial charge on any atom is 0.387 e. The molecule has 29 heavy (non-hydrogen) atoms. The number of halogens is 3. The summed E-state index contributed by atoms with van der Waals surface area (Å²) < 4.78 is 34.8. The maximum atomic E-state index is 12.5. The van der Waals surface area contributed by atoms with Gasteiger partial charge in [0.1, 0.15) is 0 Å². The van der Waals surface area contributed by atoms with Crippen LogP contribution in [0.5, 0.6) is 11.5 Å². The van der Waals surface area contributed by atoms with Crippen LogP contribution in [0.1, 0.15) is 40.2 Å². The summed E-state index contributed by atoms with van der Waals surface area (Å²) in [7, 11) is 0. The van der Waals surface area contributed by atoms with Crippen molar-refractivity contribution in [2.45, 2.75) is 53.3 Å². The normalized spacial score (nSPS) is 11.5. The van der Waals surface area contributed by atoms with Gasteiger partial charge in [-0.05, 0) is 52.3 Å². The number of ether oxygens (including phenoxy) is 2. The van der Waals surface area contributed by atoms with Gasteiger partial charge in [0.2, 0.25) is 5.91 Å². The summed E-state index contributed by atoms with van der Waals surface area (Å²) in [4.78, 5) is 16.3. The van der Waals surface area contributed by atoms with Gasteiger partial charge in [-0.15, -0.1) is 24.0 Å². The van der Waals surface area contributed by atoms with Gasteiger partial charge in [-0.2, -0.15) is 8.78 Å². The second kappa shape index (κ2) is 13.4. The molecule has 0 aliphatic rings. The zero-order valence-electron chi connectivity index (χ0n) is 17.5. The fraction of sp³-hybridized carbons (Fsp3) is 0.579. The molecule has 0 radical (unpaired) electrons. The van der Waals surface area contributed by atoms with Crippen molar-refractivity contribution in [2.75, 3.05) is 19.7 Å². The van der Waals surface area contributed by atoms with Crippen LogP contribution in [0.2, 0.25) is 0 Å². The van der Waals surface area contributed by atoms with Gasteiger partial charge in [0.25, 0.3) is 0 Å². The molecule has 3 N–H and O–H groups in total. The monoisotopic (exact) mass is 528 g/mol. The number of nitrogens with one attached hydrogen (secondary N) is 3. The van der Waals surface area contributed by atoms with E-state index in [1.165, 1.54) is 6.07 Å². The molecule has 1 rings (SSSR count). The first-order valence-corrected chi connectivity index (χ1v) is 9.18. The number of aliphatic imine (C=N–C) groups is 1. The quantitative estimate of drug-likeness (QED) is 0.261. The van der Waals surface area contributed by atoms with Crippen molar-refractivity contribution < 1.29 is 23.0 Å². The molecule has 1 aromatic carbocycles. The van der Waals surface area contributed by atoms with E-state index in [9.17, 15) is 13.6 Å². The lowest BCUT2D eigenvalue weighted by Crippen LogP contribution is -2.48. The third-order valence-electron chi connectivity index (χ3n) is 3.22. The summed E-state index contributed by atoms with van der Waals surface area (Å²) >= 11 is 0. The molecule has 7 nitrogen and oxygen atoms in total. The van der Waals surface area contributed by atoms with Crippen molar-refractivity contribution in [1.29, 1.82) is 0 Å². The topological polar surface area (TPSA) is 84.0 Å². The largest absolute Gasteiger partial charge is 0.490 e. The zero-order chi connectivity index (χ0) is 21.2. The summed E-state index contributed by atoms with van der Waals surface area (Å²) in [6.07, 6.45) is 0. The number of nitrogens with zero attached hydrogens (tertiary/aromatic N) is 1. The standard InChI is InChI=1S/C19H30F2N4O3.HI/c1-6-22-18(24-12-16(26)25-19(3,4)5)23-11-13-8-9-14(28-17(20)21)15(10-13)27-7-2;/h8-10,17H,6-7,11-12H2,1-5H3,(H,25,26)(H2,22,23,24);1H. The average Bonchev–Trinajstić information content (AvgIpc) is 2.57. The molecule has 0 aromatic heterocycles. The number of hydrogen-bond acceptors (Lipinski definition) is 4. The van der Waals surface area contributed by atoms with Crippen molar-refractivity contribution in [3.8, 4) is 11.5 Å². The SMILES string of the molecule is CCNC(=NCc1ccc(OC(F)F)c(OCC)c1)NCC(=O)NC(C)(C)C.I. The predicted molar refractivity (Wildman–Crippen MR) is 120 cm³/mol. The predicted octanol–water partition coefficient (Wildman–Crippen LogP) is 3.27. The molecular weight excluding hydrogens is 497 g/mol. The Labute approximate surface area is 188 Å². The average molecular weight is 528 g/mol. The Hall–Kier alpha value is -1.85. The third kappa shape index (κ3) is 11.7. The third-order valence-corrected chi connectivity index (χ3v) is 3.22. The van der Waals surface area contributed by atoms with Crippen LogP contribution in [0.25, 0.3) is 0 Å². The number of alkyl halides is 2. The van der Waals surface area contributed by atoms with Crippen LogP contribution in [0, 0.1) is 0 Å². The lowest BCUT2D eigenvalue weighted by atomic mass is 10.1. The Balaban J connectivity index is 0.00000784. The van der Waals surface area contributed by atoms with Gasteiger partial charge < -0.3 is 25.4 Å². The number of rotatable bonds is 9. The van der Waals surface area contributed by atoms with Gasteiger partial charge in [-0.25, -0.2) is 4.99 Å². The first-order chi connectivity index (χ1) is 13.1. The Morgan fingerprint density at radius 2 is 1.86 bits per heavy atom. The number of hydrogen-bond donors (Lipinski definition) is 3. The Morgan fingerprint density at radius 3 is 2.41 bits per heavy atom. The van der Waals surface area contributed by atoms with E-state index in [1.54, 1.807) is 19.1 Å². The van der Waals surface area contributed by atoms with E-state index in [4.69, 9.17) is 4.74 Å². The molecule has 0 fully saturated rings. The van der Waals surface area contributed by atoms with Crippen LogP contribution in [0.15, 0.2) is 23.2 Å². The van der Waals surface area contributed by atoms with Crippen LogP contribution < -0.4 is 25.4 Å². The summed E-state index contributed by atoms with van der Waals surface area (Å²) in [6, 6.07) is 4.68. The molecule has 0 saturated heterocycles. The minimum Gasteiger partial charge on any atom is -0.490 e.